The van der Waals surface area contributed by atoms with Crippen molar-refractivity contribution in [2.75, 3.05) is 6.61 Å². The topological polar surface area (TPSA) is 26.3 Å². The standard InChI is InChI=1S/C22H42O2S/c1-3-5-6-7-8-9-10-11-12-13-14-15-16-17-18-19-20-24-22(23)21(25)4-2/h11-12,21,25H,3-10,13-20H2,1-2H3/b12-11-. The van der Waals surface area contributed by atoms with Crippen LogP contribution in [0.1, 0.15) is 110 Å². The first-order valence-electron chi connectivity index (χ1n) is 10.7. The molecular formula is C22H42O2S. The van der Waals surface area contributed by atoms with E-state index in [2.05, 4.69) is 31.7 Å². The van der Waals surface area contributed by atoms with Crippen LogP contribution in [0.4, 0.5) is 0 Å². The van der Waals surface area contributed by atoms with Crippen molar-refractivity contribution < 1.29 is 9.53 Å². The summed E-state index contributed by atoms with van der Waals surface area (Å²) in [4.78, 5) is 11.4. The Balaban J connectivity index is 3.18. The molecule has 1 unspecified atom stereocenters. The van der Waals surface area contributed by atoms with Crippen LogP contribution in [0, 0.1) is 0 Å². The van der Waals surface area contributed by atoms with Crippen LogP contribution in [0.3, 0.4) is 0 Å². The average molecular weight is 371 g/mol. The first kappa shape index (κ1) is 24.6. The van der Waals surface area contributed by atoms with Gasteiger partial charge in [-0.3, -0.25) is 4.79 Å². The molecule has 0 fully saturated rings. The smallest absolute Gasteiger partial charge is 0.318 e. The maximum atomic E-state index is 11.4. The Hall–Kier alpha value is -0.440. The quantitative estimate of drug-likeness (QED) is 0.119. The van der Waals surface area contributed by atoms with Gasteiger partial charge in [0.25, 0.3) is 0 Å². The van der Waals surface area contributed by atoms with Gasteiger partial charge < -0.3 is 4.74 Å². The van der Waals surface area contributed by atoms with Gasteiger partial charge in [-0.2, -0.15) is 12.6 Å². The molecule has 25 heavy (non-hydrogen) atoms. The first-order valence-corrected chi connectivity index (χ1v) is 11.2. The summed E-state index contributed by atoms with van der Waals surface area (Å²) in [5, 5.41) is -0.255. The number of carbonyl (C=O) groups is 1. The summed E-state index contributed by atoms with van der Waals surface area (Å²) in [6.45, 7) is 4.77. The van der Waals surface area contributed by atoms with E-state index in [0.717, 1.165) is 19.3 Å². The average Bonchev–Trinajstić information content (AvgIpc) is 2.63. The van der Waals surface area contributed by atoms with Gasteiger partial charge in [0.1, 0.15) is 0 Å². The van der Waals surface area contributed by atoms with Crippen LogP contribution in [-0.4, -0.2) is 17.8 Å². The Labute approximate surface area is 162 Å². The van der Waals surface area contributed by atoms with Crippen LogP contribution in [-0.2, 0) is 9.53 Å². The summed E-state index contributed by atoms with van der Waals surface area (Å²) in [7, 11) is 0. The maximum Gasteiger partial charge on any atom is 0.318 e. The molecule has 0 spiro atoms. The number of esters is 1. The lowest BCUT2D eigenvalue weighted by Gasteiger charge is -2.08. The molecule has 0 amide bonds. The van der Waals surface area contributed by atoms with Crippen molar-refractivity contribution in [3.8, 4) is 0 Å². The number of hydrogen-bond acceptors (Lipinski definition) is 3. The van der Waals surface area contributed by atoms with Gasteiger partial charge >= 0.3 is 5.97 Å². The number of rotatable bonds is 18. The predicted octanol–water partition coefficient (Wildman–Crippen LogP) is 7.28. The molecule has 0 heterocycles. The van der Waals surface area contributed by atoms with E-state index >= 15 is 0 Å². The van der Waals surface area contributed by atoms with Gasteiger partial charge in [0.15, 0.2) is 0 Å². The minimum Gasteiger partial charge on any atom is -0.465 e. The Kier molecular flexibility index (Phi) is 19.5. The molecular weight excluding hydrogens is 328 g/mol. The Morgan fingerprint density at radius 3 is 1.80 bits per heavy atom. The molecule has 0 N–H and O–H groups in total. The van der Waals surface area contributed by atoms with Gasteiger partial charge in [-0.15, -0.1) is 0 Å². The molecule has 0 bridgehead atoms. The highest BCUT2D eigenvalue weighted by molar-refractivity contribution is 7.81. The van der Waals surface area contributed by atoms with Crippen LogP contribution >= 0.6 is 12.6 Å². The zero-order chi connectivity index (χ0) is 18.6. The van der Waals surface area contributed by atoms with Gasteiger partial charge in [0.05, 0.1) is 11.9 Å². The van der Waals surface area contributed by atoms with Crippen molar-refractivity contribution in [3.63, 3.8) is 0 Å². The maximum absolute atomic E-state index is 11.4. The zero-order valence-corrected chi connectivity index (χ0v) is 17.7. The molecule has 148 valence electrons. The van der Waals surface area contributed by atoms with Crippen LogP contribution in [0.25, 0.3) is 0 Å². The number of carbonyl (C=O) groups excluding carboxylic acids is 1. The highest BCUT2D eigenvalue weighted by atomic mass is 32.1. The van der Waals surface area contributed by atoms with E-state index < -0.39 is 0 Å². The molecule has 0 aromatic heterocycles. The molecule has 0 saturated carbocycles. The lowest BCUT2D eigenvalue weighted by molar-refractivity contribution is -0.143. The summed E-state index contributed by atoms with van der Waals surface area (Å²) in [6, 6.07) is 0. The second-order valence-electron chi connectivity index (χ2n) is 7.03. The summed E-state index contributed by atoms with van der Waals surface area (Å²) in [6.07, 6.45) is 23.6. The van der Waals surface area contributed by atoms with Crippen LogP contribution in [0.2, 0.25) is 0 Å². The minimum atomic E-state index is -0.255. The Bertz CT molecular complexity index is 315. The number of ether oxygens (including phenoxy) is 1. The normalized spacial score (nSPS) is 12.6. The fraction of sp³-hybridized carbons (Fsp3) is 0.864. The van der Waals surface area contributed by atoms with Crippen molar-refractivity contribution in [2.24, 2.45) is 0 Å². The van der Waals surface area contributed by atoms with Crippen molar-refractivity contribution in [2.45, 2.75) is 115 Å². The third kappa shape index (κ3) is 18.2. The molecule has 0 rings (SSSR count). The molecule has 0 aliphatic rings. The van der Waals surface area contributed by atoms with Crippen molar-refractivity contribution >= 4 is 18.6 Å². The molecule has 3 heteroatoms. The molecule has 0 radical (unpaired) electrons. The lowest BCUT2D eigenvalue weighted by Crippen LogP contribution is -2.17. The van der Waals surface area contributed by atoms with Crippen LogP contribution in [0.15, 0.2) is 12.2 Å². The van der Waals surface area contributed by atoms with Crippen LogP contribution in [0.5, 0.6) is 0 Å². The van der Waals surface area contributed by atoms with Crippen molar-refractivity contribution in [1.82, 2.24) is 0 Å². The third-order valence-electron chi connectivity index (χ3n) is 4.56. The number of thiol groups is 1. The first-order chi connectivity index (χ1) is 12.2. The molecule has 0 aromatic rings. The SMILES string of the molecule is CCCCCCCC/C=C\CCCCCCCCOC(=O)C(S)CC. The summed E-state index contributed by atoms with van der Waals surface area (Å²) in [5.74, 6) is -0.168. The lowest BCUT2D eigenvalue weighted by atomic mass is 10.1. The molecule has 0 aliphatic heterocycles. The van der Waals surface area contributed by atoms with Crippen molar-refractivity contribution in [3.05, 3.63) is 12.2 Å². The molecule has 2 nitrogen and oxygen atoms in total. The van der Waals surface area contributed by atoms with Gasteiger partial charge in [0, 0.05) is 0 Å². The summed E-state index contributed by atoms with van der Waals surface area (Å²) >= 11 is 4.18. The fourth-order valence-corrected chi connectivity index (χ4v) is 2.86. The molecule has 0 saturated heterocycles. The molecule has 0 aromatic carbocycles. The van der Waals surface area contributed by atoms with Crippen LogP contribution < -0.4 is 0 Å². The Morgan fingerprint density at radius 2 is 1.28 bits per heavy atom. The largest absolute Gasteiger partial charge is 0.465 e. The third-order valence-corrected chi connectivity index (χ3v) is 5.14. The molecule has 1 atom stereocenters. The van der Waals surface area contributed by atoms with E-state index in [1.165, 1.54) is 77.0 Å². The van der Waals surface area contributed by atoms with E-state index in [1.807, 2.05) is 6.92 Å². The Morgan fingerprint density at radius 1 is 0.800 bits per heavy atom. The monoisotopic (exact) mass is 370 g/mol. The van der Waals surface area contributed by atoms with E-state index in [-0.39, 0.29) is 11.2 Å². The highest BCUT2D eigenvalue weighted by Gasteiger charge is 2.11. The summed E-state index contributed by atoms with van der Waals surface area (Å²) < 4.78 is 5.19. The second-order valence-corrected chi connectivity index (χ2v) is 7.65. The molecule has 0 aliphatic carbocycles. The number of unbranched alkanes of at least 4 members (excludes halogenated alkanes) is 12. The van der Waals surface area contributed by atoms with Gasteiger partial charge in [0.2, 0.25) is 0 Å². The van der Waals surface area contributed by atoms with Gasteiger partial charge in [-0.25, -0.2) is 0 Å². The highest BCUT2D eigenvalue weighted by Crippen LogP contribution is 2.10. The van der Waals surface area contributed by atoms with E-state index in [9.17, 15) is 4.79 Å². The fourth-order valence-electron chi connectivity index (χ4n) is 2.79. The van der Waals surface area contributed by atoms with Crippen molar-refractivity contribution in [1.29, 1.82) is 0 Å². The number of hydrogen-bond donors (Lipinski definition) is 1. The zero-order valence-electron chi connectivity index (χ0n) is 16.8. The van der Waals surface area contributed by atoms with E-state index in [4.69, 9.17) is 4.74 Å². The minimum absolute atomic E-state index is 0.168. The second kappa shape index (κ2) is 19.9. The van der Waals surface area contributed by atoms with E-state index in [1.54, 1.807) is 0 Å². The summed E-state index contributed by atoms with van der Waals surface area (Å²) in [5.41, 5.74) is 0. The number of allylic oxidation sites excluding steroid dienone is 2. The predicted molar refractivity (Wildman–Crippen MR) is 113 cm³/mol. The van der Waals surface area contributed by atoms with Gasteiger partial charge in [-0.05, 0) is 38.5 Å². The van der Waals surface area contributed by atoms with E-state index in [0.29, 0.717) is 6.61 Å². The van der Waals surface area contributed by atoms with Gasteiger partial charge in [-0.1, -0.05) is 83.8 Å².